The third-order valence-corrected chi connectivity index (χ3v) is 15.2. The smallest absolute Gasteiger partial charge is 0.220 e. The van der Waals surface area contributed by atoms with Crippen LogP contribution < -0.4 is 5.32 Å². The summed E-state index contributed by atoms with van der Waals surface area (Å²) in [4.78, 5) is 13.3. The van der Waals surface area contributed by atoms with Crippen molar-refractivity contribution in [1.29, 1.82) is 0 Å². The van der Waals surface area contributed by atoms with E-state index in [0.717, 1.165) is 83.5 Å². The number of carbonyl (C=O) groups is 1. The topological polar surface area (TPSA) is 228 Å². The van der Waals surface area contributed by atoms with Gasteiger partial charge in [-0.25, -0.2) is 0 Å². The van der Waals surface area contributed by atoms with E-state index >= 15 is 0 Å². The maximum atomic E-state index is 13.3. The lowest BCUT2D eigenvalue weighted by Gasteiger charge is -2.46. The molecule has 12 unspecified atom stereocenters. The summed E-state index contributed by atoms with van der Waals surface area (Å²) < 4.78 is 22.8. The second-order valence-electron chi connectivity index (χ2n) is 22.2. The van der Waals surface area contributed by atoms with Crippen LogP contribution in [0.5, 0.6) is 0 Å². The molecular formula is C64H115NO13. The Kier molecular flexibility index (Phi) is 45.4. The first kappa shape index (κ1) is 71.8. The van der Waals surface area contributed by atoms with E-state index in [-0.39, 0.29) is 18.9 Å². The molecule has 1 amide bonds. The highest BCUT2D eigenvalue weighted by Crippen LogP contribution is 2.30. The number of aliphatic hydroxyl groups is 8. The van der Waals surface area contributed by atoms with E-state index in [9.17, 15) is 45.6 Å². The van der Waals surface area contributed by atoms with Crippen LogP contribution in [0.15, 0.2) is 60.8 Å². The molecule has 12 atom stereocenters. The molecule has 0 radical (unpaired) electrons. The summed E-state index contributed by atoms with van der Waals surface area (Å²) in [7, 11) is 0. The number of amides is 1. The quantitative estimate of drug-likeness (QED) is 0.0204. The molecule has 0 saturated carbocycles. The summed E-state index contributed by atoms with van der Waals surface area (Å²) in [6.07, 6.45) is 46.9. The van der Waals surface area contributed by atoms with Crippen LogP contribution in [-0.4, -0.2) is 140 Å². The number of hydrogen-bond acceptors (Lipinski definition) is 13. The lowest BCUT2D eigenvalue weighted by Crippen LogP contribution is -2.65. The van der Waals surface area contributed by atoms with Gasteiger partial charge in [-0.05, 0) is 57.8 Å². The fraction of sp³-hybridized carbons (Fsp3) is 0.828. The van der Waals surface area contributed by atoms with Gasteiger partial charge in [0, 0.05) is 6.42 Å². The summed E-state index contributed by atoms with van der Waals surface area (Å²) in [5.41, 5.74) is 0. The number of hydrogen-bond donors (Lipinski definition) is 9. The van der Waals surface area contributed by atoms with E-state index in [0.29, 0.717) is 6.42 Å². The number of rotatable bonds is 50. The van der Waals surface area contributed by atoms with Crippen molar-refractivity contribution in [3.05, 3.63) is 60.8 Å². The average molecular weight is 1110 g/mol. The van der Waals surface area contributed by atoms with Crippen molar-refractivity contribution in [2.45, 2.75) is 319 Å². The Labute approximate surface area is 473 Å². The molecule has 0 aliphatic carbocycles. The Hall–Kier alpha value is -2.31. The fourth-order valence-corrected chi connectivity index (χ4v) is 10.2. The largest absolute Gasteiger partial charge is 0.394 e. The normalized spacial score (nSPS) is 24.9. The van der Waals surface area contributed by atoms with Crippen molar-refractivity contribution in [2.75, 3.05) is 19.8 Å². The minimum absolute atomic E-state index is 0.253. The minimum Gasteiger partial charge on any atom is -0.394 e. The molecule has 9 N–H and O–H groups in total. The van der Waals surface area contributed by atoms with Gasteiger partial charge in [0.25, 0.3) is 0 Å². The van der Waals surface area contributed by atoms with Gasteiger partial charge in [0.1, 0.15) is 48.8 Å². The number of nitrogens with one attached hydrogen (secondary N) is 1. The van der Waals surface area contributed by atoms with Gasteiger partial charge in [0.05, 0.1) is 32.0 Å². The average Bonchev–Trinajstić information content (AvgIpc) is 3.48. The van der Waals surface area contributed by atoms with Crippen LogP contribution in [-0.2, 0) is 23.7 Å². The monoisotopic (exact) mass is 1110 g/mol. The van der Waals surface area contributed by atoms with Crippen LogP contribution in [0.1, 0.15) is 245 Å². The summed E-state index contributed by atoms with van der Waals surface area (Å²) in [6, 6.07) is -0.926. The highest BCUT2D eigenvalue weighted by molar-refractivity contribution is 5.76. The van der Waals surface area contributed by atoms with Crippen LogP contribution in [0.3, 0.4) is 0 Å². The molecule has 2 aliphatic heterocycles. The van der Waals surface area contributed by atoms with Gasteiger partial charge in [-0.2, -0.15) is 0 Å². The van der Waals surface area contributed by atoms with Crippen molar-refractivity contribution in [3.8, 4) is 0 Å². The predicted octanol–water partition coefficient (Wildman–Crippen LogP) is 11.3. The van der Waals surface area contributed by atoms with Gasteiger partial charge in [-0.15, -0.1) is 0 Å². The molecule has 2 fully saturated rings. The Morgan fingerprint density at radius 1 is 0.474 bits per heavy atom. The molecule has 0 aromatic heterocycles. The third-order valence-electron chi connectivity index (χ3n) is 15.2. The molecule has 0 spiro atoms. The van der Waals surface area contributed by atoms with Gasteiger partial charge in [0.15, 0.2) is 12.6 Å². The second-order valence-corrected chi connectivity index (χ2v) is 22.2. The molecular weight excluding hydrogens is 991 g/mol. The molecule has 0 aromatic rings. The molecule has 14 nitrogen and oxygen atoms in total. The number of carbonyl (C=O) groups excluding carboxylic acids is 1. The lowest BCUT2D eigenvalue weighted by molar-refractivity contribution is -0.359. The number of aliphatic hydroxyl groups excluding tert-OH is 8. The lowest BCUT2D eigenvalue weighted by atomic mass is 9.97. The van der Waals surface area contributed by atoms with E-state index in [1.807, 2.05) is 6.08 Å². The Bertz CT molecular complexity index is 1540. The summed E-state index contributed by atoms with van der Waals surface area (Å²) in [5.74, 6) is -0.253. The van der Waals surface area contributed by atoms with Crippen molar-refractivity contribution in [3.63, 3.8) is 0 Å². The summed E-state index contributed by atoms with van der Waals surface area (Å²) in [5, 5.41) is 87.2. The Balaban J connectivity index is 1.75. The van der Waals surface area contributed by atoms with Crippen molar-refractivity contribution in [1.82, 2.24) is 5.32 Å². The van der Waals surface area contributed by atoms with E-state index in [4.69, 9.17) is 18.9 Å². The highest BCUT2D eigenvalue weighted by Gasteiger charge is 2.51. The molecule has 2 aliphatic rings. The van der Waals surface area contributed by atoms with E-state index in [1.165, 1.54) is 135 Å². The van der Waals surface area contributed by atoms with Crippen molar-refractivity contribution in [2.24, 2.45) is 0 Å². The molecule has 2 rings (SSSR count). The number of ether oxygens (including phenoxy) is 4. The Morgan fingerprint density at radius 2 is 0.885 bits per heavy atom. The highest BCUT2D eigenvalue weighted by atomic mass is 16.7. The van der Waals surface area contributed by atoms with E-state index < -0.39 is 86.8 Å². The number of allylic oxidation sites excluding steroid dienone is 9. The second kappa shape index (κ2) is 49.3. The van der Waals surface area contributed by atoms with Crippen LogP contribution in [0.2, 0.25) is 0 Å². The number of unbranched alkanes of at least 4 members (excludes halogenated alkanes) is 29. The van der Waals surface area contributed by atoms with Crippen LogP contribution in [0.25, 0.3) is 0 Å². The van der Waals surface area contributed by atoms with Gasteiger partial charge in [-0.3, -0.25) is 4.79 Å². The maximum Gasteiger partial charge on any atom is 0.220 e. The van der Waals surface area contributed by atoms with Gasteiger partial charge in [0.2, 0.25) is 5.91 Å². The first-order valence-electron chi connectivity index (χ1n) is 31.5. The summed E-state index contributed by atoms with van der Waals surface area (Å²) in [6.45, 7) is 2.69. The van der Waals surface area contributed by atoms with Gasteiger partial charge in [-0.1, -0.05) is 242 Å². The Morgan fingerprint density at radius 3 is 1.36 bits per heavy atom. The maximum absolute atomic E-state index is 13.3. The van der Waals surface area contributed by atoms with E-state index in [1.54, 1.807) is 6.08 Å². The summed E-state index contributed by atoms with van der Waals surface area (Å²) >= 11 is 0. The molecule has 0 aromatic carbocycles. The zero-order valence-electron chi connectivity index (χ0n) is 48.9. The van der Waals surface area contributed by atoms with Crippen LogP contribution in [0, 0.1) is 0 Å². The predicted molar refractivity (Wildman–Crippen MR) is 314 cm³/mol. The molecule has 0 bridgehead atoms. The minimum atomic E-state index is -1.79. The zero-order chi connectivity index (χ0) is 56.7. The van der Waals surface area contributed by atoms with Crippen molar-refractivity contribution < 1.29 is 64.6 Å². The van der Waals surface area contributed by atoms with E-state index in [2.05, 4.69) is 67.8 Å². The molecule has 2 heterocycles. The molecule has 454 valence electrons. The molecule has 2 saturated heterocycles. The standard InChI is InChI=1S/C64H115NO13/c1-3-5-7-9-11-13-15-17-19-21-23-24-25-26-27-28-30-31-33-35-37-39-41-43-45-47-53(68)52(65-56(69)48-46-44-42-40-38-36-34-32-29-22-20-18-16-14-12-10-8-6-4-2)51-75-63-61(74)59(72)62(55(50-67)77-63)78-64-60(73)58(71)57(70)54(49-66)76-64/h6,8,12,14,18,20,29,32,45,47,52-55,57-64,66-68,70-74H,3-5,7,9-11,13,15-17,19,21-28,30-31,33-44,46,48-51H2,1-2H3,(H,65,69)/b8-6-,14-12-,20-18-,32-29-,47-45+. The third kappa shape index (κ3) is 34.2. The zero-order valence-corrected chi connectivity index (χ0v) is 48.9. The fourth-order valence-electron chi connectivity index (χ4n) is 10.2. The van der Waals surface area contributed by atoms with Gasteiger partial charge >= 0.3 is 0 Å². The first-order chi connectivity index (χ1) is 38.1. The van der Waals surface area contributed by atoms with Crippen LogP contribution in [0.4, 0.5) is 0 Å². The SMILES string of the molecule is CC/C=C\C/C=C\C/C=C\C/C=C\CCCCCCCCC(=O)NC(COC1OC(CO)C(OC2OC(CO)C(O)C(O)C2O)C(O)C1O)C(O)/C=C/CCCCCCCCCCCCCCCCCCCCCCCCC. The molecule has 14 heteroatoms. The van der Waals surface area contributed by atoms with Gasteiger partial charge < -0.3 is 65.1 Å². The first-order valence-corrected chi connectivity index (χ1v) is 31.5. The van der Waals surface area contributed by atoms with Crippen LogP contribution >= 0.6 is 0 Å². The van der Waals surface area contributed by atoms with Crippen molar-refractivity contribution >= 4 is 5.91 Å². The molecule has 78 heavy (non-hydrogen) atoms.